The number of anilines is 1. The predicted octanol–water partition coefficient (Wildman–Crippen LogP) is 1.83. The lowest BCUT2D eigenvalue weighted by atomic mass is 10.2. The molecule has 0 atom stereocenters. The number of hydrogen-bond donors (Lipinski definition) is 2. The number of nitrogens with zero attached hydrogens (tertiary/aromatic N) is 1. The van der Waals surface area contributed by atoms with Gasteiger partial charge in [-0.15, -0.1) is 0 Å². The Bertz CT molecular complexity index is 658. The summed E-state index contributed by atoms with van der Waals surface area (Å²) in [6.45, 7) is 0. The molecule has 0 spiro atoms. The number of nitrogens with one attached hydrogen (secondary N) is 2. The highest BCUT2D eigenvalue weighted by Crippen LogP contribution is 2.12. The summed E-state index contributed by atoms with van der Waals surface area (Å²) in [5.74, 6) is -1.53. The average Bonchev–Trinajstić information content (AvgIpc) is 2.46. The van der Waals surface area contributed by atoms with Crippen molar-refractivity contribution in [3.8, 4) is 0 Å². The van der Waals surface area contributed by atoms with Crippen molar-refractivity contribution in [1.29, 1.82) is 0 Å². The second kappa shape index (κ2) is 5.92. The lowest BCUT2D eigenvalue weighted by molar-refractivity contribution is 0.0961. The van der Waals surface area contributed by atoms with Crippen LogP contribution in [0.15, 0.2) is 42.5 Å². The van der Waals surface area contributed by atoms with Crippen molar-refractivity contribution in [3.05, 3.63) is 59.7 Å². The van der Waals surface area contributed by atoms with Gasteiger partial charge in [0.05, 0.1) is 0 Å². The van der Waals surface area contributed by atoms with E-state index < -0.39 is 11.9 Å². The second-order valence-electron chi connectivity index (χ2n) is 3.96. The molecule has 2 aromatic rings. The molecule has 0 unspecified atom stereocenters. The molecular weight excluding hydrogens is 261 g/mol. The normalized spacial score (nSPS) is 9.90. The molecule has 2 rings (SSSR count). The fourth-order valence-electron chi connectivity index (χ4n) is 1.61. The first-order chi connectivity index (χ1) is 9.60. The fraction of sp³-hybridized carbons (Fsp3) is 0.0714. The van der Waals surface area contributed by atoms with Crippen molar-refractivity contribution >= 4 is 17.5 Å². The largest absolute Gasteiger partial charge is 0.355 e. The highest BCUT2D eigenvalue weighted by Gasteiger charge is 2.10. The third kappa shape index (κ3) is 3.17. The molecule has 2 N–H and O–H groups in total. The van der Waals surface area contributed by atoms with E-state index in [2.05, 4.69) is 15.6 Å². The number of amides is 2. The van der Waals surface area contributed by atoms with Crippen LogP contribution >= 0.6 is 0 Å². The number of rotatable bonds is 3. The topological polar surface area (TPSA) is 71.1 Å². The molecular formula is C14H12FN3O2. The molecule has 0 fully saturated rings. The minimum atomic E-state index is -0.725. The minimum absolute atomic E-state index is 0.0321. The lowest BCUT2D eigenvalue weighted by Crippen LogP contribution is -2.18. The third-order valence-corrected chi connectivity index (χ3v) is 2.56. The first-order valence-corrected chi connectivity index (χ1v) is 5.86. The Morgan fingerprint density at radius 1 is 1.10 bits per heavy atom. The Morgan fingerprint density at radius 3 is 2.55 bits per heavy atom. The molecule has 1 aromatic carbocycles. The summed E-state index contributed by atoms with van der Waals surface area (Å²) in [5.41, 5.74) is 0.815. The second-order valence-corrected chi connectivity index (χ2v) is 3.96. The van der Waals surface area contributed by atoms with Gasteiger partial charge in [0, 0.05) is 18.3 Å². The van der Waals surface area contributed by atoms with Crippen LogP contribution in [0.4, 0.5) is 10.1 Å². The molecule has 0 saturated heterocycles. The number of pyridine rings is 1. The van der Waals surface area contributed by atoms with Crippen LogP contribution in [0, 0.1) is 5.95 Å². The van der Waals surface area contributed by atoms with Crippen molar-refractivity contribution in [2.75, 3.05) is 12.4 Å². The maximum absolute atomic E-state index is 12.9. The molecule has 0 aliphatic carbocycles. The van der Waals surface area contributed by atoms with Crippen LogP contribution in [0.3, 0.4) is 0 Å². The fourth-order valence-corrected chi connectivity index (χ4v) is 1.61. The molecule has 0 bridgehead atoms. The van der Waals surface area contributed by atoms with E-state index in [0.717, 1.165) is 6.07 Å². The van der Waals surface area contributed by atoms with Gasteiger partial charge in [-0.05, 0) is 30.3 Å². The highest BCUT2D eigenvalue weighted by molar-refractivity contribution is 6.03. The van der Waals surface area contributed by atoms with E-state index >= 15 is 0 Å². The molecule has 0 aliphatic rings. The van der Waals surface area contributed by atoms with Gasteiger partial charge in [-0.25, -0.2) is 4.98 Å². The van der Waals surface area contributed by atoms with Gasteiger partial charge in [-0.1, -0.05) is 12.1 Å². The molecule has 0 saturated carbocycles. The van der Waals surface area contributed by atoms with E-state index in [1.807, 2.05) is 0 Å². The van der Waals surface area contributed by atoms with Gasteiger partial charge in [-0.2, -0.15) is 4.39 Å². The molecule has 20 heavy (non-hydrogen) atoms. The first kappa shape index (κ1) is 13.7. The number of benzene rings is 1. The SMILES string of the molecule is CNC(=O)c1cccc(NC(=O)c2cccc(F)n2)c1. The van der Waals surface area contributed by atoms with Gasteiger partial charge in [0.2, 0.25) is 5.95 Å². The van der Waals surface area contributed by atoms with Gasteiger partial charge >= 0.3 is 0 Å². The van der Waals surface area contributed by atoms with Gasteiger partial charge in [0.25, 0.3) is 11.8 Å². The monoisotopic (exact) mass is 273 g/mol. The van der Waals surface area contributed by atoms with E-state index in [9.17, 15) is 14.0 Å². The highest BCUT2D eigenvalue weighted by atomic mass is 19.1. The van der Waals surface area contributed by atoms with Crippen LogP contribution in [0.1, 0.15) is 20.8 Å². The molecule has 1 aromatic heterocycles. The number of halogens is 1. The number of aromatic nitrogens is 1. The standard InChI is InChI=1S/C14H12FN3O2/c1-16-13(19)9-4-2-5-10(8-9)17-14(20)11-6-3-7-12(15)18-11/h2-8H,1H3,(H,16,19)(H,17,20). The Hall–Kier alpha value is -2.76. The molecule has 2 amide bonds. The predicted molar refractivity (Wildman–Crippen MR) is 72.0 cm³/mol. The zero-order valence-corrected chi connectivity index (χ0v) is 10.7. The Kier molecular flexibility index (Phi) is 4.05. The smallest absolute Gasteiger partial charge is 0.274 e. The maximum atomic E-state index is 12.9. The van der Waals surface area contributed by atoms with Crippen molar-refractivity contribution in [3.63, 3.8) is 0 Å². The Morgan fingerprint density at radius 2 is 1.85 bits per heavy atom. The number of hydrogen-bond acceptors (Lipinski definition) is 3. The van der Waals surface area contributed by atoms with E-state index in [4.69, 9.17) is 0 Å². The van der Waals surface area contributed by atoms with Crippen LogP contribution in [0.25, 0.3) is 0 Å². The molecule has 0 radical (unpaired) electrons. The summed E-state index contributed by atoms with van der Waals surface area (Å²) < 4.78 is 12.9. The summed E-state index contributed by atoms with van der Waals surface area (Å²) in [4.78, 5) is 26.8. The third-order valence-electron chi connectivity index (χ3n) is 2.56. The van der Waals surface area contributed by atoms with Crippen LogP contribution in [-0.4, -0.2) is 23.8 Å². The number of carbonyl (C=O) groups excluding carboxylic acids is 2. The van der Waals surface area contributed by atoms with Crippen molar-refractivity contribution < 1.29 is 14.0 Å². The minimum Gasteiger partial charge on any atom is -0.355 e. The molecule has 102 valence electrons. The van der Waals surface area contributed by atoms with E-state index in [0.29, 0.717) is 11.3 Å². The van der Waals surface area contributed by atoms with Crippen molar-refractivity contribution in [2.24, 2.45) is 0 Å². The van der Waals surface area contributed by atoms with Gasteiger partial charge in [0.15, 0.2) is 0 Å². The molecule has 0 aliphatic heterocycles. The molecule has 6 heteroatoms. The lowest BCUT2D eigenvalue weighted by Gasteiger charge is -2.06. The van der Waals surface area contributed by atoms with Crippen molar-refractivity contribution in [2.45, 2.75) is 0 Å². The summed E-state index contributed by atoms with van der Waals surface area (Å²) >= 11 is 0. The Labute approximate surface area is 114 Å². The van der Waals surface area contributed by atoms with Crippen LogP contribution in [0.2, 0.25) is 0 Å². The zero-order valence-electron chi connectivity index (χ0n) is 10.7. The summed E-state index contributed by atoms with van der Waals surface area (Å²) in [6, 6.07) is 10.4. The van der Waals surface area contributed by atoms with Crippen molar-refractivity contribution in [1.82, 2.24) is 10.3 Å². The van der Waals surface area contributed by atoms with E-state index in [1.54, 1.807) is 18.2 Å². The van der Waals surface area contributed by atoms with Crippen LogP contribution in [0.5, 0.6) is 0 Å². The summed E-state index contributed by atoms with van der Waals surface area (Å²) in [7, 11) is 1.52. The average molecular weight is 273 g/mol. The summed E-state index contributed by atoms with van der Waals surface area (Å²) in [5, 5.41) is 5.04. The van der Waals surface area contributed by atoms with Gasteiger partial charge in [-0.3, -0.25) is 9.59 Å². The van der Waals surface area contributed by atoms with Crippen LogP contribution < -0.4 is 10.6 Å². The van der Waals surface area contributed by atoms with E-state index in [1.165, 1.54) is 25.2 Å². The van der Waals surface area contributed by atoms with E-state index in [-0.39, 0.29) is 11.6 Å². The maximum Gasteiger partial charge on any atom is 0.274 e. The van der Waals surface area contributed by atoms with Crippen LogP contribution in [-0.2, 0) is 0 Å². The molecule has 5 nitrogen and oxygen atoms in total. The number of carbonyl (C=O) groups is 2. The van der Waals surface area contributed by atoms with Gasteiger partial charge < -0.3 is 10.6 Å². The Balaban J connectivity index is 2.18. The zero-order chi connectivity index (χ0) is 14.5. The molecule has 1 heterocycles. The van der Waals surface area contributed by atoms with Gasteiger partial charge in [0.1, 0.15) is 5.69 Å². The first-order valence-electron chi connectivity index (χ1n) is 5.86. The summed E-state index contributed by atoms with van der Waals surface area (Å²) in [6.07, 6.45) is 0. The quantitative estimate of drug-likeness (QED) is 0.838.